The maximum atomic E-state index is 10.2. The van der Waals surface area contributed by atoms with Crippen molar-refractivity contribution < 1.29 is 19.4 Å². The molecule has 0 saturated carbocycles. The molecule has 84 valence electrons. The van der Waals surface area contributed by atoms with Gasteiger partial charge in [-0.05, 0) is 19.3 Å². The fourth-order valence-corrected chi connectivity index (χ4v) is 1.06. The minimum Gasteiger partial charge on any atom is -0.481 e. The van der Waals surface area contributed by atoms with E-state index in [0.717, 1.165) is 45.5 Å². The quantitative estimate of drug-likeness (QED) is 0.550. The van der Waals surface area contributed by atoms with Crippen LogP contribution in [0.3, 0.4) is 0 Å². The van der Waals surface area contributed by atoms with Crippen molar-refractivity contribution in [1.29, 1.82) is 0 Å². The monoisotopic (exact) mass is 204 g/mol. The van der Waals surface area contributed by atoms with Crippen LogP contribution in [0.25, 0.3) is 0 Å². The Morgan fingerprint density at radius 1 is 1.07 bits per heavy atom. The molecule has 0 heterocycles. The van der Waals surface area contributed by atoms with Gasteiger partial charge in [-0.3, -0.25) is 4.79 Å². The molecule has 0 fully saturated rings. The first-order valence-corrected chi connectivity index (χ1v) is 5.06. The normalized spacial score (nSPS) is 10.4. The number of aliphatic carboxylic acids is 1. The molecule has 0 aliphatic heterocycles. The zero-order chi connectivity index (χ0) is 10.6. The highest BCUT2D eigenvalue weighted by atomic mass is 16.5. The number of unbranched alkanes of at least 4 members (excludes halogenated alkanes) is 2. The fourth-order valence-electron chi connectivity index (χ4n) is 1.06. The number of carboxylic acids is 1. The number of carbonyl (C=O) groups is 1. The Kier molecular flexibility index (Phi) is 10.0. The van der Waals surface area contributed by atoms with Crippen molar-refractivity contribution in [2.24, 2.45) is 0 Å². The van der Waals surface area contributed by atoms with Crippen LogP contribution in [0, 0.1) is 0 Å². The Morgan fingerprint density at radius 2 is 1.79 bits per heavy atom. The Bertz CT molecular complexity index is 136. The third kappa shape index (κ3) is 11.4. The second kappa shape index (κ2) is 10.5. The fraction of sp³-hybridized carbons (Fsp3) is 0.900. The Hall–Kier alpha value is -0.610. The molecule has 0 rings (SSSR count). The molecule has 14 heavy (non-hydrogen) atoms. The number of rotatable bonds is 10. The molecule has 0 spiro atoms. The maximum Gasteiger partial charge on any atom is 0.303 e. The Balaban J connectivity index is 2.88. The van der Waals surface area contributed by atoms with Crippen LogP contribution < -0.4 is 0 Å². The zero-order valence-electron chi connectivity index (χ0n) is 8.83. The van der Waals surface area contributed by atoms with E-state index in [9.17, 15) is 4.79 Å². The minimum absolute atomic E-state index is 0.268. The first kappa shape index (κ1) is 13.4. The molecule has 0 aromatic rings. The van der Waals surface area contributed by atoms with Gasteiger partial charge in [-0.2, -0.15) is 0 Å². The van der Waals surface area contributed by atoms with Crippen molar-refractivity contribution in [3.63, 3.8) is 0 Å². The van der Waals surface area contributed by atoms with Gasteiger partial charge in [-0.1, -0.05) is 6.42 Å². The molecule has 1 N–H and O–H groups in total. The van der Waals surface area contributed by atoms with Crippen molar-refractivity contribution in [1.82, 2.24) is 0 Å². The second-order valence-electron chi connectivity index (χ2n) is 3.16. The molecule has 0 amide bonds. The van der Waals surface area contributed by atoms with E-state index in [1.807, 2.05) is 0 Å². The molecular formula is C10H20O4. The van der Waals surface area contributed by atoms with Gasteiger partial charge in [0.1, 0.15) is 0 Å². The lowest BCUT2D eigenvalue weighted by Crippen LogP contribution is -2.01. The summed E-state index contributed by atoms with van der Waals surface area (Å²) in [7, 11) is 1.67. The smallest absolute Gasteiger partial charge is 0.303 e. The third-order valence-corrected chi connectivity index (χ3v) is 1.82. The van der Waals surface area contributed by atoms with Crippen LogP contribution in [0.1, 0.15) is 32.1 Å². The van der Waals surface area contributed by atoms with Crippen LogP contribution in [-0.4, -0.2) is 38.0 Å². The summed E-state index contributed by atoms with van der Waals surface area (Å²) in [6, 6.07) is 0. The van der Waals surface area contributed by atoms with Gasteiger partial charge >= 0.3 is 5.97 Å². The first-order chi connectivity index (χ1) is 6.77. The van der Waals surface area contributed by atoms with E-state index in [4.69, 9.17) is 14.6 Å². The standard InChI is InChI=1S/C10H20O4/c1-13-7-5-9-14-8-4-2-3-6-10(11)12/h2-9H2,1H3,(H,11,12). The van der Waals surface area contributed by atoms with E-state index in [-0.39, 0.29) is 6.42 Å². The molecule has 0 atom stereocenters. The van der Waals surface area contributed by atoms with Gasteiger partial charge in [0, 0.05) is 33.4 Å². The summed E-state index contributed by atoms with van der Waals surface area (Å²) < 4.78 is 10.2. The van der Waals surface area contributed by atoms with Crippen LogP contribution in [0.4, 0.5) is 0 Å². The van der Waals surface area contributed by atoms with Gasteiger partial charge in [-0.15, -0.1) is 0 Å². The summed E-state index contributed by atoms with van der Waals surface area (Å²) in [6.07, 6.45) is 3.81. The number of carboxylic acid groups (broad SMARTS) is 1. The summed E-state index contributed by atoms with van der Waals surface area (Å²) in [4.78, 5) is 10.2. The van der Waals surface area contributed by atoms with E-state index in [2.05, 4.69) is 0 Å². The van der Waals surface area contributed by atoms with E-state index in [1.54, 1.807) is 7.11 Å². The number of ether oxygens (including phenoxy) is 2. The van der Waals surface area contributed by atoms with Crippen molar-refractivity contribution in [3.05, 3.63) is 0 Å². The van der Waals surface area contributed by atoms with Crippen molar-refractivity contribution in [2.45, 2.75) is 32.1 Å². The topological polar surface area (TPSA) is 55.8 Å². The molecular weight excluding hydrogens is 184 g/mol. The molecule has 0 radical (unpaired) electrons. The van der Waals surface area contributed by atoms with Crippen LogP contribution in [0.5, 0.6) is 0 Å². The van der Waals surface area contributed by atoms with Crippen molar-refractivity contribution >= 4 is 5.97 Å². The van der Waals surface area contributed by atoms with Crippen LogP contribution in [0.15, 0.2) is 0 Å². The van der Waals surface area contributed by atoms with E-state index >= 15 is 0 Å². The molecule has 0 bridgehead atoms. The van der Waals surface area contributed by atoms with E-state index in [0.29, 0.717) is 0 Å². The average Bonchev–Trinajstić information content (AvgIpc) is 2.15. The average molecular weight is 204 g/mol. The number of hydrogen-bond donors (Lipinski definition) is 1. The van der Waals surface area contributed by atoms with E-state index in [1.165, 1.54) is 0 Å². The lowest BCUT2D eigenvalue weighted by molar-refractivity contribution is -0.137. The highest BCUT2D eigenvalue weighted by Gasteiger charge is 1.96. The lowest BCUT2D eigenvalue weighted by atomic mass is 10.2. The van der Waals surface area contributed by atoms with Crippen LogP contribution in [0.2, 0.25) is 0 Å². The summed E-state index contributed by atoms with van der Waals surface area (Å²) >= 11 is 0. The summed E-state index contributed by atoms with van der Waals surface area (Å²) in [5, 5.41) is 8.37. The molecule has 4 heteroatoms. The van der Waals surface area contributed by atoms with Gasteiger partial charge < -0.3 is 14.6 Å². The van der Waals surface area contributed by atoms with Crippen molar-refractivity contribution in [2.75, 3.05) is 26.9 Å². The molecule has 0 aromatic carbocycles. The molecule has 0 aromatic heterocycles. The first-order valence-electron chi connectivity index (χ1n) is 5.06. The lowest BCUT2D eigenvalue weighted by Gasteiger charge is -2.02. The van der Waals surface area contributed by atoms with Gasteiger partial charge in [0.15, 0.2) is 0 Å². The van der Waals surface area contributed by atoms with Crippen LogP contribution >= 0.6 is 0 Å². The van der Waals surface area contributed by atoms with Gasteiger partial charge in [0.25, 0.3) is 0 Å². The second-order valence-corrected chi connectivity index (χ2v) is 3.16. The summed E-state index contributed by atoms with van der Waals surface area (Å²) in [5.41, 5.74) is 0. The molecule has 0 saturated heterocycles. The predicted molar refractivity (Wildman–Crippen MR) is 53.4 cm³/mol. The third-order valence-electron chi connectivity index (χ3n) is 1.82. The maximum absolute atomic E-state index is 10.2. The van der Waals surface area contributed by atoms with E-state index < -0.39 is 5.97 Å². The highest BCUT2D eigenvalue weighted by molar-refractivity contribution is 5.66. The molecule has 0 aliphatic rings. The number of hydrogen-bond acceptors (Lipinski definition) is 3. The summed E-state index contributed by atoms with van der Waals surface area (Å²) in [5.74, 6) is -0.717. The predicted octanol–water partition coefficient (Wildman–Crippen LogP) is 1.68. The van der Waals surface area contributed by atoms with Crippen molar-refractivity contribution in [3.8, 4) is 0 Å². The van der Waals surface area contributed by atoms with Gasteiger partial charge in [0.05, 0.1) is 0 Å². The molecule has 0 unspecified atom stereocenters. The highest BCUT2D eigenvalue weighted by Crippen LogP contribution is 2.00. The largest absolute Gasteiger partial charge is 0.481 e. The SMILES string of the molecule is COCCCOCCCCCC(=O)O. The Morgan fingerprint density at radius 3 is 2.43 bits per heavy atom. The van der Waals surface area contributed by atoms with Gasteiger partial charge in [0.2, 0.25) is 0 Å². The van der Waals surface area contributed by atoms with Gasteiger partial charge in [-0.25, -0.2) is 0 Å². The Labute approximate surface area is 85.2 Å². The zero-order valence-corrected chi connectivity index (χ0v) is 8.83. The molecule has 0 aliphatic carbocycles. The minimum atomic E-state index is -0.717. The van der Waals surface area contributed by atoms with Crippen LogP contribution in [-0.2, 0) is 14.3 Å². The number of methoxy groups -OCH3 is 1. The summed E-state index contributed by atoms with van der Waals surface area (Å²) in [6.45, 7) is 2.19. The molecule has 4 nitrogen and oxygen atoms in total.